The Morgan fingerprint density at radius 3 is 2.73 bits per heavy atom. The molecular weight excluding hydrogens is 449 g/mol. The molecule has 3 aromatic rings. The number of rotatable bonds is 6. The predicted molar refractivity (Wildman–Crippen MR) is 122 cm³/mol. The molecule has 33 heavy (non-hydrogen) atoms. The first-order chi connectivity index (χ1) is 16.0. The van der Waals surface area contributed by atoms with E-state index in [4.69, 9.17) is 9.47 Å². The molecule has 1 aliphatic heterocycles. The zero-order valence-electron chi connectivity index (χ0n) is 18.0. The highest BCUT2D eigenvalue weighted by molar-refractivity contribution is 7.13. The second-order valence-electron chi connectivity index (χ2n) is 7.26. The molecule has 2 N–H and O–H groups in total. The van der Waals surface area contributed by atoms with Gasteiger partial charge in [-0.2, -0.15) is 0 Å². The van der Waals surface area contributed by atoms with E-state index in [1.165, 1.54) is 25.3 Å². The number of ether oxygens (including phenoxy) is 2. The van der Waals surface area contributed by atoms with E-state index in [-0.39, 0.29) is 17.1 Å². The molecule has 0 radical (unpaired) electrons. The average Bonchev–Trinajstić information content (AvgIpc) is 3.49. The highest BCUT2D eigenvalue weighted by Crippen LogP contribution is 2.35. The van der Waals surface area contributed by atoms with Crippen LogP contribution in [0.3, 0.4) is 0 Å². The maximum absolute atomic E-state index is 13.4. The van der Waals surface area contributed by atoms with Crippen LogP contribution >= 0.6 is 11.3 Å². The molecule has 2 aromatic carbocycles. The second-order valence-corrected chi connectivity index (χ2v) is 8.27. The normalized spacial score (nSPS) is 15.2. The number of methoxy groups -OCH3 is 2. The summed E-state index contributed by atoms with van der Waals surface area (Å²) in [5, 5.41) is 14.3. The van der Waals surface area contributed by atoms with Gasteiger partial charge in [-0.1, -0.05) is 17.4 Å². The zero-order chi connectivity index (χ0) is 23.4. The highest BCUT2D eigenvalue weighted by Gasteiger charge is 2.33. The molecule has 4 rings (SSSR count). The molecule has 1 aliphatic rings. The van der Waals surface area contributed by atoms with E-state index in [9.17, 15) is 14.0 Å². The zero-order valence-corrected chi connectivity index (χ0v) is 18.8. The lowest BCUT2D eigenvalue weighted by molar-refractivity contribution is 0.102. The predicted octanol–water partition coefficient (Wildman–Crippen LogP) is 4.32. The fourth-order valence-corrected chi connectivity index (χ4v) is 4.45. The van der Waals surface area contributed by atoms with Crippen LogP contribution in [0.25, 0.3) is 0 Å². The van der Waals surface area contributed by atoms with Crippen LogP contribution in [-0.2, 0) is 0 Å². The maximum atomic E-state index is 13.4. The van der Waals surface area contributed by atoms with E-state index in [2.05, 4.69) is 20.8 Å². The Bertz CT molecular complexity index is 1170. The van der Waals surface area contributed by atoms with Gasteiger partial charge in [-0.3, -0.25) is 4.79 Å². The van der Waals surface area contributed by atoms with Crippen LogP contribution in [0.5, 0.6) is 11.5 Å². The average molecular weight is 472 g/mol. The van der Waals surface area contributed by atoms with E-state index < -0.39 is 11.7 Å². The number of carbonyl (C=O) groups is 2. The Hall–Kier alpha value is -3.73. The molecule has 0 bridgehead atoms. The van der Waals surface area contributed by atoms with E-state index in [0.29, 0.717) is 40.8 Å². The minimum absolute atomic E-state index is 0.137. The summed E-state index contributed by atoms with van der Waals surface area (Å²) in [6.45, 7) is 0.541. The fourth-order valence-electron chi connectivity index (χ4n) is 3.57. The molecule has 0 spiro atoms. The summed E-state index contributed by atoms with van der Waals surface area (Å²) in [6, 6.07) is 10.1. The van der Waals surface area contributed by atoms with Crippen LogP contribution < -0.4 is 20.1 Å². The van der Waals surface area contributed by atoms with Gasteiger partial charge in [0.05, 0.1) is 25.9 Å². The van der Waals surface area contributed by atoms with Crippen molar-refractivity contribution in [1.29, 1.82) is 0 Å². The van der Waals surface area contributed by atoms with Gasteiger partial charge in [0, 0.05) is 18.3 Å². The number of anilines is 2. The lowest BCUT2D eigenvalue weighted by atomic mass is 10.2. The summed E-state index contributed by atoms with van der Waals surface area (Å²) in [7, 11) is 3.07. The molecule has 1 fully saturated rings. The number of amides is 3. The molecule has 3 amide bonds. The van der Waals surface area contributed by atoms with Gasteiger partial charge in [0.25, 0.3) is 5.91 Å². The number of likely N-dealkylation sites (tertiary alicyclic amines) is 1. The van der Waals surface area contributed by atoms with Crippen LogP contribution in [0.15, 0.2) is 42.5 Å². The quantitative estimate of drug-likeness (QED) is 0.555. The molecule has 1 saturated heterocycles. The van der Waals surface area contributed by atoms with Crippen molar-refractivity contribution in [2.45, 2.75) is 18.9 Å². The van der Waals surface area contributed by atoms with Gasteiger partial charge in [-0.25, -0.2) is 9.18 Å². The molecule has 1 atom stereocenters. The molecule has 9 nitrogen and oxygen atoms in total. The van der Waals surface area contributed by atoms with Crippen LogP contribution in [-0.4, -0.2) is 47.8 Å². The number of hydrogen-bond donors (Lipinski definition) is 2. The SMILES string of the molecule is COc1ccc(NC(=O)N2CCC[C@H]2c2nnc(C(=O)Nc3cccc(F)c3)s2)c(OC)c1. The van der Waals surface area contributed by atoms with Crippen molar-refractivity contribution in [3.8, 4) is 11.5 Å². The van der Waals surface area contributed by atoms with Gasteiger partial charge < -0.3 is 25.0 Å². The molecule has 172 valence electrons. The van der Waals surface area contributed by atoms with Gasteiger partial charge in [0.1, 0.15) is 22.3 Å². The minimum Gasteiger partial charge on any atom is -0.497 e. The first kappa shape index (κ1) is 22.5. The van der Waals surface area contributed by atoms with Crippen molar-refractivity contribution in [1.82, 2.24) is 15.1 Å². The number of urea groups is 1. The third-order valence-electron chi connectivity index (χ3n) is 5.17. The van der Waals surface area contributed by atoms with Crippen molar-refractivity contribution in [3.63, 3.8) is 0 Å². The van der Waals surface area contributed by atoms with Crippen molar-refractivity contribution >= 4 is 34.6 Å². The first-order valence-electron chi connectivity index (χ1n) is 10.2. The highest BCUT2D eigenvalue weighted by atomic mass is 32.1. The molecule has 1 aromatic heterocycles. The number of aromatic nitrogens is 2. The number of nitrogens with zero attached hydrogens (tertiary/aromatic N) is 3. The maximum Gasteiger partial charge on any atom is 0.322 e. The molecule has 0 unspecified atom stereocenters. The minimum atomic E-state index is -0.485. The Kier molecular flexibility index (Phi) is 6.68. The van der Waals surface area contributed by atoms with Gasteiger partial charge >= 0.3 is 6.03 Å². The van der Waals surface area contributed by atoms with E-state index in [0.717, 1.165) is 17.8 Å². The number of carbonyl (C=O) groups excluding carboxylic acids is 2. The van der Waals surface area contributed by atoms with Gasteiger partial charge in [-0.15, -0.1) is 10.2 Å². The summed E-state index contributed by atoms with van der Waals surface area (Å²) in [4.78, 5) is 27.2. The summed E-state index contributed by atoms with van der Waals surface area (Å²) in [5.74, 6) is 0.153. The largest absolute Gasteiger partial charge is 0.497 e. The van der Waals surface area contributed by atoms with Crippen molar-refractivity contribution in [2.75, 3.05) is 31.4 Å². The topological polar surface area (TPSA) is 106 Å². The summed E-state index contributed by atoms with van der Waals surface area (Å²) < 4.78 is 23.9. The van der Waals surface area contributed by atoms with Crippen molar-refractivity contribution in [3.05, 3.63) is 58.3 Å². The van der Waals surface area contributed by atoms with Crippen molar-refractivity contribution in [2.24, 2.45) is 0 Å². The monoisotopic (exact) mass is 471 g/mol. The van der Waals surface area contributed by atoms with E-state index in [1.54, 1.807) is 36.3 Å². The lowest BCUT2D eigenvalue weighted by Crippen LogP contribution is -2.34. The lowest BCUT2D eigenvalue weighted by Gasteiger charge is -2.23. The number of halogens is 1. The smallest absolute Gasteiger partial charge is 0.322 e. The standard InChI is InChI=1S/C22H22FN5O4S/c1-31-15-8-9-16(18(12-15)32-2)25-22(30)28-10-4-7-17(28)20-26-27-21(33-20)19(29)24-14-6-3-5-13(23)11-14/h3,5-6,8-9,11-12,17H,4,7,10H2,1-2H3,(H,24,29)(H,25,30)/t17-/m0/s1. The Labute approximate surface area is 193 Å². The molecular formula is C22H22FN5O4S. The number of nitrogens with one attached hydrogen (secondary N) is 2. The molecule has 2 heterocycles. The Morgan fingerprint density at radius 2 is 1.97 bits per heavy atom. The fraction of sp³-hybridized carbons (Fsp3) is 0.273. The third kappa shape index (κ3) is 5.03. The third-order valence-corrected chi connectivity index (χ3v) is 6.19. The summed E-state index contributed by atoms with van der Waals surface area (Å²) in [5.41, 5.74) is 0.841. The van der Waals surface area contributed by atoms with Crippen LogP contribution in [0.4, 0.5) is 20.6 Å². The Morgan fingerprint density at radius 1 is 1.12 bits per heavy atom. The molecule has 11 heteroatoms. The number of benzene rings is 2. The van der Waals surface area contributed by atoms with Gasteiger partial charge in [0.15, 0.2) is 0 Å². The van der Waals surface area contributed by atoms with Gasteiger partial charge in [-0.05, 0) is 43.2 Å². The van der Waals surface area contributed by atoms with Crippen molar-refractivity contribution < 1.29 is 23.5 Å². The van der Waals surface area contributed by atoms with Crippen LogP contribution in [0, 0.1) is 5.82 Å². The second kappa shape index (κ2) is 9.82. The number of hydrogen-bond acceptors (Lipinski definition) is 7. The van der Waals surface area contributed by atoms with E-state index >= 15 is 0 Å². The van der Waals surface area contributed by atoms with Crippen LogP contribution in [0.1, 0.15) is 33.7 Å². The molecule has 0 saturated carbocycles. The first-order valence-corrected chi connectivity index (χ1v) is 11.0. The summed E-state index contributed by atoms with van der Waals surface area (Å²) in [6.07, 6.45) is 1.50. The molecule has 0 aliphatic carbocycles. The van der Waals surface area contributed by atoms with E-state index in [1.807, 2.05) is 0 Å². The summed E-state index contributed by atoms with van der Waals surface area (Å²) >= 11 is 1.11. The Balaban J connectivity index is 1.46. The van der Waals surface area contributed by atoms with Crippen LogP contribution in [0.2, 0.25) is 0 Å². The van der Waals surface area contributed by atoms with Gasteiger partial charge in [0.2, 0.25) is 5.01 Å².